The highest BCUT2D eigenvalue weighted by Gasteiger charge is 2.27. The number of nitrogens with one attached hydrogen (secondary N) is 1. The van der Waals surface area contributed by atoms with Gasteiger partial charge in [0.25, 0.3) is 0 Å². The lowest BCUT2D eigenvalue weighted by atomic mass is 9.93. The van der Waals surface area contributed by atoms with Crippen LogP contribution in [0.25, 0.3) is 0 Å². The molecule has 1 aromatic rings. The van der Waals surface area contributed by atoms with Crippen LogP contribution in [0.3, 0.4) is 0 Å². The molecule has 0 aromatic carbocycles. The summed E-state index contributed by atoms with van der Waals surface area (Å²) >= 11 is 0. The van der Waals surface area contributed by atoms with E-state index in [1.54, 1.807) is 0 Å². The number of nitrogens with zero attached hydrogens (tertiary/aromatic N) is 2. The van der Waals surface area contributed by atoms with Gasteiger partial charge in [-0.1, -0.05) is 13.8 Å². The van der Waals surface area contributed by atoms with Gasteiger partial charge in [-0.25, -0.2) is 0 Å². The number of pyridine rings is 1. The molecule has 1 atom stereocenters. The molecule has 0 radical (unpaired) electrons. The standard InChI is InChI=1S/C14H23N3/c1-12-8-16-10-14(2,3)11-17(12)9-13-4-6-15-7-5-13/h4-7,12,16H,8-11H2,1-3H3. The van der Waals surface area contributed by atoms with Crippen LogP contribution in [0.4, 0.5) is 0 Å². The van der Waals surface area contributed by atoms with Gasteiger partial charge in [0.2, 0.25) is 0 Å². The van der Waals surface area contributed by atoms with Gasteiger partial charge in [0.1, 0.15) is 0 Å². The van der Waals surface area contributed by atoms with Gasteiger partial charge in [0.05, 0.1) is 0 Å². The Morgan fingerprint density at radius 3 is 2.82 bits per heavy atom. The minimum absolute atomic E-state index is 0.345. The maximum Gasteiger partial charge on any atom is 0.0271 e. The summed E-state index contributed by atoms with van der Waals surface area (Å²) in [6, 6.07) is 4.81. The van der Waals surface area contributed by atoms with Crippen LogP contribution in [-0.2, 0) is 6.54 Å². The Bertz CT molecular complexity index is 348. The van der Waals surface area contributed by atoms with Crippen molar-refractivity contribution < 1.29 is 0 Å². The second-order valence-corrected chi connectivity index (χ2v) is 5.90. The fourth-order valence-electron chi connectivity index (χ4n) is 2.44. The topological polar surface area (TPSA) is 28.2 Å². The molecule has 1 fully saturated rings. The van der Waals surface area contributed by atoms with Crippen molar-refractivity contribution in [3.05, 3.63) is 30.1 Å². The highest BCUT2D eigenvalue weighted by atomic mass is 15.2. The van der Waals surface area contributed by atoms with Crippen molar-refractivity contribution in [2.45, 2.75) is 33.4 Å². The van der Waals surface area contributed by atoms with Crippen LogP contribution < -0.4 is 5.32 Å². The van der Waals surface area contributed by atoms with Crippen molar-refractivity contribution in [1.82, 2.24) is 15.2 Å². The second kappa shape index (κ2) is 5.15. The predicted octanol–water partition coefficient (Wildman–Crippen LogP) is 1.90. The van der Waals surface area contributed by atoms with Crippen molar-refractivity contribution in [2.24, 2.45) is 5.41 Å². The van der Waals surface area contributed by atoms with Gasteiger partial charge in [0.15, 0.2) is 0 Å². The minimum atomic E-state index is 0.345. The molecule has 2 heterocycles. The molecule has 0 saturated carbocycles. The van der Waals surface area contributed by atoms with Crippen LogP contribution in [0.15, 0.2) is 24.5 Å². The summed E-state index contributed by atoms with van der Waals surface area (Å²) in [5.41, 5.74) is 1.70. The van der Waals surface area contributed by atoms with Crippen LogP contribution in [0.2, 0.25) is 0 Å². The Labute approximate surface area is 104 Å². The van der Waals surface area contributed by atoms with E-state index < -0.39 is 0 Å². The SMILES string of the molecule is CC1CNCC(C)(C)CN1Cc1ccncc1. The lowest BCUT2D eigenvalue weighted by Gasteiger charge is -2.32. The first kappa shape index (κ1) is 12.5. The van der Waals surface area contributed by atoms with Gasteiger partial charge >= 0.3 is 0 Å². The number of aromatic nitrogens is 1. The minimum Gasteiger partial charge on any atom is -0.315 e. The van der Waals surface area contributed by atoms with E-state index in [4.69, 9.17) is 0 Å². The van der Waals surface area contributed by atoms with E-state index in [1.165, 1.54) is 5.56 Å². The highest BCUT2D eigenvalue weighted by Crippen LogP contribution is 2.21. The van der Waals surface area contributed by atoms with Crippen LogP contribution in [-0.4, -0.2) is 35.6 Å². The molecule has 3 heteroatoms. The van der Waals surface area contributed by atoms with Crippen molar-refractivity contribution in [1.29, 1.82) is 0 Å². The van der Waals surface area contributed by atoms with E-state index in [1.807, 2.05) is 12.4 Å². The Hall–Kier alpha value is -0.930. The molecule has 1 N–H and O–H groups in total. The molecule has 3 nitrogen and oxygen atoms in total. The van der Waals surface area contributed by atoms with Crippen LogP contribution >= 0.6 is 0 Å². The predicted molar refractivity (Wildman–Crippen MR) is 70.8 cm³/mol. The molecule has 0 bridgehead atoms. The molecule has 94 valence electrons. The second-order valence-electron chi connectivity index (χ2n) is 5.90. The average molecular weight is 233 g/mol. The van der Waals surface area contributed by atoms with Crippen LogP contribution in [0.1, 0.15) is 26.3 Å². The van der Waals surface area contributed by atoms with E-state index in [9.17, 15) is 0 Å². The number of rotatable bonds is 2. The Kier molecular flexibility index (Phi) is 3.79. The number of hydrogen-bond acceptors (Lipinski definition) is 3. The summed E-state index contributed by atoms with van der Waals surface area (Å²) in [6.45, 7) is 11.3. The summed E-state index contributed by atoms with van der Waals surface area (Å²) in [6.07, 6.45) is 3.75. The lowest BCUT2D eigenvalue weighted by molar-refractivity contribution is 0.158. The molecule has 17 heavy (non-hydrogen) atoms. The van der Waals surface area contributed by atoms with Crippen LogP contribution in [0, 0.1) is 5.41 Å². The molecule has 0 amide bonds. The van der Waals surface area contributed by atoms with Crippen LogP contribution in [0.5, 0.6) is 0 Å². The summed E-state index contributed by atoms with van der Waals surface area (Å²) in [7, 11) is 0. The Balaban J connectivity index is 2.07. The zero-order valence-corrected chi connectivity index (χ0v) is 11.1. The third kappa shape index (κ3) is 3.51. The zero-order valence-electron chi connectivity index (χ0n) is 11.1. The van der Waals surface area contributed by atoms with Crippen molar-refractivity contribution in [3.8, 4) is 0 Å². The molecular formula is C14H23N3. The smallest absolute Gasteiger partial charge is 0.0271 e. The van der Waals surface area contributed by atoms with Crippen molar-refractivity contribution in [3.63, 3.8) is 0 Å². The molecule has 2 rings (SSSR count). The molecule has 1 aliphatic heterocycles. The Morgan fingerprint density at radius 2 is 2.12 bits per heavy atom. The molecule has 0 aliphatic carbocycles. The van der Waals surface area contributed by atoms with E-state index >= 15 is 0 Å². The summed E-state index contributed by atoms with van der Waals surface area (Å²) in [4.78, 5) is 6.64. The monoisotopic (exact) mass is 233 g/mol. The first-order valence-electron chi connectivity index (χ1n) is 6.40. The average Bonchev–Trinajstić information content (AvgIpc) is 2.40. The van der Waals surface area contributed by atoms with Crippen molar-refractivity contribution >= 4 is 0 Å². The molecule has 1 aliphatic rings. The largest absolute Gasteiger partial charge is 0.315 e. The maximum atomic E-state index is 4.07. The van der Waals surface area contributed by atoms with E-state index in [2.05, 4.69) is 48.1 Å². The lowest BCUT2D eigenvalue weighted by Crippen LogP contribution is -2.39. The van der Waals surface area contributed by atoms with E-state index in [0.29, 0.717) is 11.5 Å². The normalized spacial score (nSPS) is 25.5. The van der Waals surface area contributed by atoms with Crippen molar-refractivity contribution in [2.75, 3.05) is 19.6 Å². The van der Waals surface area contributed by atoms with E-state index in [-0.39, 0.29) is 0 Å². The summed E-state index contributed by atoms with van der Waals surface area (Å²) < 4.78 is 0. The molecular weight excluding hydrogens is 210 g/mol. The fourth-order valence-corrected chi connectivity index (χ4v) is 2.44. The fraction of sp³-hybridized carbons (Fsp3) is 0.643. The first-order chi connectivity index (χ1) is 8.07. The molecule has 0 spiro atoms. The third-order valence-electron chi connectivity index (χ3n) is 3.43. The first-order valence-corrected chi connectivity index (χ1v) is 6.40. The summed E-state index contributed by atoms with van der Waals surface area (Å²) in [5.74, 6) is 0. The molecule has 1 unspecified atom stereocenters. The summed E-state index contributed by atoms with van der Waals surface area (Å²) in [5, 5.41) is 3.55. The van der Waals surface area contributed by atoms with Gasteiger partial charge in [-0.2, -0.15) is 0 Å². The Morgan fingerprint density at radius 1 is 1.41 bits per heavy atom. The molecule has 1 aromatic heterocycles. The number of hydrogen-bond donors (Lipinski definition) is 1. The van der Waals surface area contributed by atoms with Gasteiger partial charge < -0.3 is 5.32 Å². The maximum absolute atomic E-state index is 4.07. The van der Waals surface area contributed by atoms with Gasteiger partial charge in [0, 0.05) is 44.6 Å². The third-order valence-corrected chi connectivity index (χ3v) is 3.43. The van der Waals surface area contributed by atoms with Gasteiger partial charge in [-0.05, 0) is 30.0 Å². The highest BCUT2D eigenvalue weighted by molar-refractivity contribution is 5.10. The van der Waals surface area contributed by atoms with Gasteiger partial charge in [-0.15, -0.1) is 0 Å². The zero-order chi connectivity index (χ0) is 12.3. The van der Waals surface area contributed by atoms with E-state index in [0.717, 1.165) is 26.2 Å². The van der Waals surface area contributed by atoms with Gasteiger partial charge in [-0.3, -0.25) is 9.88 Å². The molecule has 1 saturated heterocycles. The quantitative estimate of drug-likeness (QED) is 0.845.